The van der Waals surface area contributed by atoms with Crippen molar-refractivity contribution in [1.82, 2.24) is 10.2 Å². The van der Waals surface area contributed by atoms with Crippen molar-refractivity contribution in [3.63, 3.8) is 0 Å². The maximum Gasteiger partial charge on any atom is 0.322 e. The molecule has 5 nitrogen and oxygen atoms in total. The number of carbonyl (C=O) groups is 1. The monoisotopic (exact) mass is 223 g/mol. The van der Waals surface area contributed by atoms with Crippen LogP contribution in [-0.4, -0.2) is 16.1 Å². The topological polar surface area (TPSA) is 68.0 Å². The van der Waals surface area contributed by atoms with Crippen LogP contribution in [-0.2, 0) is 4.79 Å². The quantitative estimate of drug-likeness (QED) is 0.865. The molecule has 78 valence electrons. The molecule has 2 heterocycles. The molecule has 0 saturated heterocycles. The second-order valence-electron chi connectivity index (χ2n) is 2.79. The van der Waals surface area contributed by atoms with Gasteiger partial charge in [0.2, 0.25) is 5.91 Å². The molecule has 0 radical (unpaired) electrons. The molecule has 0 aromatic carbocycles. The number of thiophene rings is 1. The standard InChI is InChI=1S/C9H9N3O2S/c1-2-7(13)10-9-12-11-8(14-9)6-4-3-5-15-6/h3-5H,2H2,1H3,(H,10,12,13). The molecule has 2 aromatic heterocycles. The summed E-state index contributed by atoms with van der Waals surface area (Å²) in [6, 6.07) is 3.92. The summed E-state index contributed by atoms with van der Waals surface area (Å²) in [5.74, 6) is 0.285. The van der Waals surface area contributed by atoms with E-state index < -0.39 is 0 Å². The number of nitrogens with one attached hydrogen (secondary N) is 1. The van der Waals surface area contributed by atoms with Crippen LogP contribution in [0.1, 0.15) is 13.3 Å². The van der Waals surface area contributed by atoms with Crippen LogP contribution in [0.2, 0.25) is 0 Å². The van der Waals surface area contributed by atoms with Gasteiger partial charge >= 0.3 is 6.01 Å². The van der Waals surface area contributed by atoms with E-state index in [1.165, 1.54) is 11.3 Å². The second kappa shape index (κ2) is 4.22. The number of amides is 1. The fraction of sp³-hybridized carbons (Fsp3) is 0.222. The molecule has 2 aromatic rings. The van der Waals surface area contributed by atoms with Gasteiger partial charge in [0.1, 0.15) is 0 Å². The number of aromatic nitrogens is 2. The van der Waals surface area contributed by atoms with E-state index in [0.29, 0.717) is 12.3 Å². The molecule has 0 saturated carbocycles. The first-order chi connectivity index (χ1) is 7.29. The highest BCUT2D eigenvalue weighted by Gasteiger charge is 2.10. The predicted molar refractivity (Wildman–Crippen MR) is 56.5 cm³/mol. The van der Waals surface area contributed by atoms with Gasteiger partial charge in [-0.1, -0.05) is 18.1 Å². The highest BCUT2D eigenvalue weighted by molar-refractivity contribution is 7.13. The van der Waals surface area contributed by atoms with Gasteiger partial charge in [0.25, 0.3) is 5.89 Å². The Kier molecular flexibility index (Phi) is 2.77. The van der Waals surface area contributed by atoms with Crippen LogP contribution < -0.4 is 5.32 Å². The van der Waals surface area contributed by atoms with Crippen molar-refractivity contribution in [2.24, 2.45) is 0 Å². The molecule has 2 rings (SSSR count). The molecule has 6 heteroatoms. The molecule has 0 fully saturated rings. The summed E-state index contributed by atoms with van der Waals surface area (Å²) in [5, 5.41) is 12.0. The summed E-state index contributed by atoms with van der Waals surface area (Å²) in [6.45, 7) is 1.76. The van der Waals surface area contributed by atoms with Crippen molar-refractivity contribution in [2.75, 3.05) is 5.32 Å². The fourth-order valence-corrected chi connectivity index (χ4v) is 1.63. The van der Waals surface area contributed by atoms with Gasteiger partial charge < -0.3 is 4.42 Å². The number of nitrogens with zero attached hydrogens (tertiary/aromatic N) is 2. The Morgan fingerprint density at radius 2 is 2.47 bits per heavy atom. The third-order valence-electron chi connectivity index (χ3n) is 1.72. The van der Waals surface area contributed by atoms with Gasteiger partial charge in [-0.3, -0.25) is 10.1 Å². The maximum absolute atomic E-state index is 11.0. The zero-order chi connectivity index (χ0) is 10.7. The molecule has 0 atom stereocenters. The van der Waals surface area contributed by atoms with Gasteiger partial charge in [0, 0.05) is 6.42 Å². The Hall–Kier alpha value is -1.69. The minimum absolute atomic E-state index is 0.142. The van der Waals surface area contributed by atoms with Crippen LogP contribution in [0.5, 0.6) is 0 Å². The van der Waals surface area contributed by atoms with Crippen LogP contribution >= 0.6 is 11.3 Å². The molecule has 0 aliphatic heterocycles. The first kappa shape index (κ1) is 9.85. The molecule has 0 spiro atoms. The van der Waals surface area contributed by atoms with Crippen LogP contribution in [0.3, 0.4) is 0 Å². The number of carbonyl (C=O) groups excluding carboxylic acids is 1. The normalized spacial score (nSPS) is 10.2. The zero-order valence-corrected chi connectivity index (χ0v) is 8.87. The first-order valence-corrected chi connectivity index (χ1v) is 5.35. The van der Waals surface area contributed by atoms with Crippen LogP contribution in [0.15, 0.2) is 21.9 Å². The number of anilines is 1. The van der Waals surface area contributed by atoms with Gasteiger partial charge in [0.05, 0.1) is 4.88 Å². The summed E-state index contributed by atoms with van der Waals surface area (Å²) < 4.78 is 5.26. The zero-order valence-electron chi connectivity index (χ0n) is 8.06. The van der Waals surface area contributed by atoms with E-state index in [-0.39, 0.29) is 11.9 Å². The van der Waals surface area contributed by atoms with E-state index >= 15 is 0 Å². The lowest BCUT2D eigenvalue weighted by Crippen LogP contribution is -2.09. The molecule has 0 bridgehead atoms. The van der Waals surface area contributed by atoms with Crippen molar-refractivity contribution < 1.29 is 9.21 Å². The van der Waals surface area contributed by atoms with E-state index in [1.54, 1.807) is 6.92 Å². The highest BCUT2D eigenvalue weighted by atomic mass is 32.1. The highest BCUT2D eigenvalue weighted by Crippen LogP contribution is 2.24. The molecule has 0 aliphatic carbocycles. The average Bonchev–Trinajstić information content (AvgIpc) is 2.85. The average molecular weight is 223 g/mol. The van der Waals surface area contributed by atoms with Gasteiger partial charge in [-0.05, 0) is 11.4 Å². The van der Waals surface area contributed by atoms with Crippen LogP contribution in [0.4, 0.5) is 6.01 Å². The fourth-order valence-electron chi connectivity index (χ4n) is 0.981. The van der Waals surface area contributed by atoms with Crippen molar-refractivity contribution in [3.8, 4) is 10.8 Å². The minimum Gasteiger partial charge on any atom is -0.402 e. The second-order valence-corrected chi connectivity index (χ2v) is 3.74. The molecular formula is C9H9N3O2S. The summed E-state index contributed by atoms with van der Waals surface area (Å²) in [6.07, 6.45) is 0.386. The van der Waals surface area contributed by atoms with Crippen molar-refractivity contribution in [3.05, 3.63) is 17.5 Å². The number of hydrogen-bond donors (Lipinski definition) is 1. The van der Waals surface area contributed by atoms with E-state index in [0.717, 1.165) is 4.88 Å². The number of rotatable bonds is 3. The lowest BCUT2D eigenvalue weighted by molar-refractivity contribution is -0.116. The lowest BCUT2D eigenvalue weighted by Gasteiger charge is -1.93. The van der Waals surface area contributed by atoms with E-state index in [2.05, 4.69) is 15.5 Å². The predicted octanol–water partition coefficient (Wildman–Crippen LogP) is 2.15. The Labute approximate surface area is 90.1 Å². The van der Waals surface area contributed by atoms with Crippen LogP contribution in [0, 0.1) is 0 Å². The largest absolute Gasteiger partial charge is 0.402 e. The van der Waals surface area contributed by atoms with Crippen LogP contribution in [0.25, 0.3) is 10.8 Å². The Balaban J connectivity index is 2.14. The molecule has 15 heavy (non-hydrogen) atoms. The molecule has 0 unspecified atom stereocenters. The summed E-state index contributed by atoms with van der Waals surface area (Å²) in [7, 11) is 0. The van der Waals surface area contributed by atoms with Gasteiger partial charge in [-0.2, -0.15) is 0 Å². The third kappa shape index (κ3) is 2.21. The molecule has 0 aliphatic rings. The van der Waals surface area contributed by atoms with Crippen molar-refractivity contribution >= 4 is 23.3 Å². The van der Waals surface area contributed by atoms with E-state index in [9.17, 15) is 4.79 Å². The Morgan fingerprint density at radius 3 is 3.13 bits per heavy atom. The van der Waals surface area contributed by atoms with Crippen molar-refractivity contribution in [1.29, 1.82) is 0 Å². The minimum atomic E-state index is -0.142. The lowest BCUT2D eigenvalue weighted by atomic mass is 10.5. The number of hydrogen-bond acceptors (Lipinski definition) is 5. The SMILES string of the molecule is CCC(=O)Nc1nnc(-c2cccs2)o1. The Morgan fingerprint density at radius 1 is 1.60 bits per heavy atom. The molecular weight excluding hydrogens is 214 g/mol. The molecule has 1 N–H and O–H groups in total. The van der Waals surface area contributed by atoms with Crippen molar-refractivity contribution in [2.45, 2.75) is 13.3 Å². The van der Waals surface area contributed by atoms with Gasteiger partial charge in [0.15, 0.2) is 0 Å². The van der Waals surface area contributed by atoms with Gasteiger partial charge in [-0.15, -0.1) is 16.4 Å². The van der Waals surface area contributed by atoms with Gasteiger partial charge in [-0.25, -0.2) is 0 Å². The first-order valence-electron chi connectivity index (χ1n) is 4.47. The summed E-state index contributed by atoms with van der Waals surface area (Å²) >= 11 is 1.51. The van der Waals surface area contributed by atoms with E-state index in [4.69, 9.17) is 4.42 Å². The summed E-state index contributed by atoms with van der Waals surface area (Å²) in [4.78, 5) is 11.9. The Bertz CT molecular complexity index is 450. The van der Waals surface area contributed by atoms with E-state index in [1.807, 2.05) is 17.5 Å². The molecule has 1 amide bonds. The smallest absolute Gasteiger partial charge is 0.322 e. The maximum atomic E-state index is 11.0. The third-order valence-corrected chi connectivity index (χ3v) is 2.58. The summed E-state index contributed by atoms with van der Waals surface area (Å²) in [5.41, 5.74) is 0.